The lowest BCUT2D eigenvalue weighted by molar-refractivity contribution is -0.123. The number of nitrogens with one attached hydrogen (secondary N) is 3. The van der Waals surface area contributed by atoms with Crippen molar-refractivity contribution in [2.75, 3.05) is 0 Å². The first-order chi connectivity index (χ1) is 12.9. The summed E-state index contributed by atoms with van der Waals surface area (Å²) in [6.45, 7) is 1.63. The van der Waals surface area contributed by atoms with Gasteiger partial charge >= 0.3 is 6.03 Å². The first-order valence-corrected chi connectivity index (χ1v) is 9.05. The summed E-state index contributed by atoms with van der Waals surface area (Å²) in [6.07, 6.45) is 0.883. The van der Waals surface area contributed by atoms with Crippen LogP contribution in [0, 0.1) is 0 Å². The standard InChI is InChI=1S/C20H18ClN3O3/c1-20(18(26)23-19(27)24-20)13-7-5-11(6-8-13)17(25)22-16-10-15(16)12-3-2-4-14(21)9-12/h2-9,15-16H,10H2,1H3,(H,22,25)(H2,23,24,26,27)/t15-,16+,20?/m0/s1. The smallest absolute Gasteiger partial charge is 0.322 e. The van der Waals surface area contributed by atoms with E-state index in [1.54, 1.807) is 31.2 Å². The first-order valence-electron chi connectivity index (χ1n) is 8.67. The van der Waals surface area contributed by atoms with E-state index < -0.39 is 17.5 Å². The fraction of sp³-hybridized carbons (Fsp3) is 0.250. The number of hydrogen-bond donors (Lipinski definition) is 3. The minimum Gasteiger partial charge on any atom is -0.349 e. The number of hydrogen-bond acceptors (Lipinski definition) is 3. The maximum atomic E-state index is 12.5. The first kappa shape index (κ1) is 17.5. The highest BCUT2D eigenvalue weighted by atomic mass is 35.5. The van der Waals surface area contributed by atoms with Gasteiger partial charge in [-0.15, -0.1) is 0 Å². The monoisotopic (exact) mass is 383 g/mol. The third-order valence-electron chi connectivity index (χ3n) is 5.15. The molecule has 2 aromatic rings. The summed E-state index contributed by atoms with van der Waals surface area (Å²) in [6, 6.07) is 13.9. The summed E-state index contributed by atoms with van der Waals surface area (Å²) in [7, 11) is 0. The highest BCUT2D eigenvalue weighted by Crippen LogP contribution is 2.41. The predicted molar refractivity (Wildman–Crippen MR) is 101 cm³/mol. The molecule has 0 radical (unpaired) electrons. The van der Waals surface area contributed by atoms with E-state index in [2.05, 4.69) is 16.0 Å². The van der Waals surface area contributed by atoms with Crippen LogP contribution in [0.4, 0.5) is 4.79 Å². The van der Waals surface area contributed by atoms with E-state index >= 15 is 0 Å². The zero-order valence-electron chi connectivity index (χ0n) is 14.6. The van der Waals surface area contributed by atoms with Crippen LogP contribution in [0.25, 0.3) is 0 Å². The van der Waals surface area contributed by atoms with Gasteiger partial charge in [-0.3, -0.25) is 14.9 Å². The Morgan fingerprint density at radius 3 is 2.56 bits per heavy atom. The van der Waals surface area contributed by atoms with E-state index in [0.29, 0.717) is 16.1 Å². The number of benzene rings is 2. The maximum Gasteiger partial charge on any atom is 0.322 e. The second kappa shape index (κ2) is 6.39. The van der Waals surface area contributed by atoms with Crippen molar-refractivity contribution >= 4 is 29.4 Å². The lowest BCUT2D eigenvalue weighted by Gasteiger charge is -2.21. The molecule has 1 unspecified atom stereocenters. The highest BCUT2D eigenvalue weighted by Gasteiger charge is 2.43. The third kappa shape index (κ3) is 3.28. The highest BCUT2D eigenvalue weighted by molar-refractivity contribution is 6.30. The van der Waals surface area contributed by atoms with Crippen molar-refractivity contribution in [1.29, 1.82) is 0 Å². The number of urea groups is 1. The summed E-state index contributed by atoms with van der Waals surface area (Å²) in [5, 5.41) is 8.54. The van der Waals surface area contributed by atoms with Gasteiger partial charge in [0, 0.05) is 22.5 Å². The van der Waals surface area contributed by atoms with E-state index in [0.717, 1.165) is 12.0 Å². The van der Waals surface area contributed by atoms with Gasteiger partial charge in [-0.25, -0.2) is 4.79 Å². The molecule has 6 nitrogen and oxygen atoms in total. The molecule has 4 amide bonds. The molecule has 2 fully saturated rings. The Morgan fingerprint density at radius 1 is 1.19 bits per heavy atom. The Kier molecular flexibility index (Phi) is 4.15. The Morgan fingerprint density at radius 2 is 1.93 bits per heavy atom. The number of carbonyl (C=O) groups is 3. The van der Waals surface area contributed by atoms with Crippen molar-refractivity contribution in [1.82, 2.24) is 16.0 Å². The lowest BCUT2D eigenvalue weighted by atomic mass is 9.91. The zero-order valence-corrected chi connectivity index (χ0v) is 15.3. The van der Waals surface area contributed by atoms with Crippen LogP contribution in [-0.4, -0.2) is 23.9 Å². The Bertz CT molecular complexity index is 944. The van der Waals surface area contributed by atoms with E-state index in [4.69, 9.17) is 11.6 Å². The van der Waals surface area contributed by atoms with Crippen molar-refractivity contribution in [3.05, 3.63) is 70.2 Å². The van der Waals surface area contributed by atoms with Crippen LogP contribution in [-0.2, 0) is 10.3 Å². The van der Waals surface area contributed by atoms with Gasteiger partial charge in [0.05, 0.1) is 0 Å². The normalized spacial score (nSPS) is 26.3. The van der Waals surface area contributed by atoms with Gasteiger partial charge in [0.1, 0.15) is 5.54 Å². The lowest BCUT2D eigenvalue weighted by Crippen LogP contribution is -2.40. The molecule has 0 bridgehead atoms. The fourth-order valence-electron chi connectivity index (χ4n) is 3.41. The fourth-order valence-corrected chi connectivity index (χ4v) is 3.61. The largest absolute Gasteiger partial charge is 0.349 e. The van der Waals surface area contributed by atoms with Crippen molar-refractivity contribution in [3.8, 4) is 0 Å². The quantitative estimate of drug-likeness (QED) is 0.709. The minimum absolute atomic E-state index is 0.0908. The number of rotatable bonds is 4. The molecule has 0 spiro atoms. The van der Waals surface area contributed by atoms with Crippen molar-refractivity contribution in [3.63, 3.8) is 0 Å². The van der Waals surface area contributed by atoms with Crippen molar-refractivity contribution in [2.24, 2.45) is 0 Å². The van der Waals surface area contributed by atoms with Crippen LogP contribution in [0.3, 0.4) is 0 Å². The van der Waals surface area contributed by atoms with Crippen LogP contribution < -0.4 is 16.0 Å². The minimum atomic E-state index is -1.12. The second-order valence-electron chi connectivity index (χ2n) is 7.09. The molecule has 1 heterocycles. The summed E-state index contributed by atoms with van der Waals surface area (Å²) in [5.41, 5.74) is 1.12. The Labute approximate surface area is 161 Å². The molecule has 138 valence electrons. The van der Waals surface area contributed by atoms with Gasteiger partial charge in [0.2, 0.25) is 0 Å². The predicted octanol–water partition coefficient (Wildman–Crippen LogP) is 2.68. The molecule has 3 N–H and O–H groups in total. The number of amides is 4. The van der Waals surface area contributed by atoms with Crippen LogP contribution in [0.1, 0.15) is 40.7 Å². The Balaban J connectivity index is 1.42. The summed E-state index contributed by atoms with van der Waals surface area (Å²) >= 11 is 6.02. The Hall–Kier alpha value is -2.86. The van der Waals surface area contributed by atoms with E-state index in [9.17, 15) is 14.4 Å². The molecule has 7 heteroatoms. The molecule has 4 rings (SSSR count). The average molecular weight is 384 g/mol. The van der Waals surface area contributed by atoms with Gasteiger partial charge in [-0.05, 0) is 48.7 Å². The van der Waals surface area contributed by atoms with Crippen LogP contribution in [0.5, 0.6) is 0 Å². The molecule has 1 saturated carbocycles. The summed E-state index contributed by atoms with van der Waals surface area (Å²) < 4.78 is 0. The molecule has 1 saturated heterocycles. The number of halogens is 1. The van der Waals surface area contributed by atoms with E-state index in [1.807, 2.05) is 24.3 Å². The topological polar surface area (TPSA) is 87.3 Å². The average Bonchev–Trinajstić information content (AvgIpc) is 3.34. The number of carbonyl (C=O) groups excluding carboxylic acids is 3. The maximum absolute atomic E-state index is 12.5. The summed E-state index contributed by atoms with van der Waals surface area (Å²) in [4.78, 5) is 35.9. The van der Waals surface area contributed by atoms with Crippen molar-refractivity contribution < 1.29 is 14.4 Å². The third-order valence-corrected chi connectivity index (χ3v) is 5.39. The van der Waals surface area contributed by atoms with Gasteiger partial charge < -0.3 is 10.6 Å². The molecule has 27 heavy (non-hydrogen) atoms. The van der Waals surface area contributed by atoms with Gasteiger partial charge in [-0.1, -0.05) is 35.9 Å². The molecule has 0 aromatic heterocycles. The van der Waals surface area contributed by atoms with E-state index in [-0.39, 0.29) is 17.9 Å². The second-order valence-corrected chi connectivity index (χ2v) is 7.52. The molecule has 2 aromatic carbocycles. The van der Waals surface area contributed by atoms with Crippen LogP contribution in [0.2, 0.25) is 5.02 Å². The van der Waals surface area contributed by atoms with Gasteiger partial charge in [0.15, 0.2) is 0 Å². The molecule has 2 aliphatic rings. The van der Waals surface area contributed by atoms with Gasteiger partial charge in [-0.2, -0.15) is 0 Å². The molecule has 1 aliphatic heterocycles. The summed E-state index contributed by atoms with van der Waals surface area (Å²) in [5.74, 6) is -0.295. The molecular formula is C20H18ClN3O3. The molecule has 3 atom stereocenters. The van der Waals surface area contributed by atoms with Crippen LogP contribution >= 0.6 is 11.6 Å². The van der Waals surface area contributed by atoms with Gasteiger partial charge in [0.25, 0.3) is 11.8 Å². The van der Waals surface area contributed by atoms with E-state index in [1.165, 1.54) is 0 Å². The van der Waals surface area contributed by atoms with Crippen LogP contribution in [0.15, 0.2) is 48.5 Å². The zero-order chi connectivity index (χ0) is 19.2. The van der Waals surface area contributed by atoms with Crippen molar-refractivity contribution in [2.45, 2.75) is 30.8 Å². The molecular weight excluding hydrogens is 366 g/mol. The SMILES string of the molecule is CC1(c2ccc(C(=O)N[C@@H]3C[C@H]3c3cccc(Cl)c3)cc2)NC(=O)NC1=O. The molecule has 1 aliphatic carbocycles. The number of imide groups is 1.